The average Bonchev–Trinajstić information content (AvgIpc) is 2.40. The Labute approximate surface area is 105 Å². The number of carboxylic acids is 1. The number of nitrogens with zero attached hydrogens (tertiary/aromatic N) is 2. The number of hydrogen-bond acceptors (Lipinski definition) is 4. The summed E-state index contributed by atoms with van der Waals surface area (Å²) < 4.78 is 0. The quantitative estimate of drug-likeness (QED) is 0.807. The topological polar surface area (TPSA) is 70.5 Å². The third-order valence-electron chi connectivity index (χ3n) is 3.21. The molecule has 1 unspecified atom stereocenters. The van der Waals surface area contributed by atoms with Gasteiger partial charge in [-0.15, -0.1) is 0 Å². The van der Waals surface area contributed by atoms with E-state index in [1.54, 1.807) is 24.5 Å². The van der Waals surface area contributed by atoms with E-state index in [2.05, 4.69) is 4.98 Å². The van der Waals surface area contributed by atoms with Crippen LogP contribution in [0.4, 0.5) is 0 Å². The lowest BCUT2D eigenvalue weighted by molar-refractivity contribution is -0.143. The van der Waals surface area contributed by atoms with Crippen LogP contribution in [0.1, 0.15) is 23.2 Å². The normalized spacial score (nSPS) is 20.6. The van der Waals surface area contributed by atoms with Crippen molar-refractivity contribution in [3.63, 3.8) is 0 Å². The molecule has 2 rings (SSSR count). The largest absolute Gasteiger partial charge is 0.481 e. The molecule has 0 spiro atoms. The predicted octanol–water partition coefficient (Wildman–Crippen LogP) is 1.06. The van der Waals surface area contributed by atoms with Crippen LogP contribution in [0.3, 0.4) is 0 Å². The van der Waals surface area contributed by atoms with Crippen molar-refractivity contribution in [3.8, 4) is 0 Å². The number of rotatable bonds is 4. The molecule has 18 heavy (non-hydrogen) atoms. The van der Waals surface area contributed by atoms with Gasteiger partial charge in [-0.05, 0) is 31.5 Å². The first-order chi connectivity index (χ1) is 8.66. The fraction of sp³-hybridized carbons (Fsp3) is 0.462. The first-order valence-electron chi connectivity index (χ1n) is 6.05. The summed E-state index contributed by atoms with van der Waals surface area (Å²) in [5.74, 6) is -1.12. The number of carboxylic acid groups (broad SMARTS) is 1. The molecule has 0 saturated carbocycles. The third-order valence-corrected chi connectivity index (χ3v) is 3.21. The lowest BCUT2D eigenvalue weighted by atomic mass is 9.98. The van der Waals surface area contributed by atoms with E-state index in [1.165, 1.54) is 0 Å². The fourth-order valence-electron chi connectivity index (χ4n) is 2.22. The molecular formula is C13H16N2O3. The zero-order chi connectivity index (χ0) is 13.0. The van der Waals surface area contributed by atoms with Gasteiger partial charge in [-0.3, -0.25) is 19.5 Å². The summed E-state index contributed by atoms with van der Waals surface area (Å²) in [5.41, 5.74) is 0.579. The Morgan fingerprint density at radius 2 is 2.33 bits per heavy atom. The van der Waals surface area contributed by atoms with Crippen LogP contribution in [0.5, 0.6) is 0 Å². The zero-order valence-electron chi connectivity index (χ0n) is 10.1. The molecule has 2 heterocycles. The Balaban J connectivity index is 1.93. The van der Waals surface area contributed by atoms with E-state index in [-0.39, 0.29) is 18.2 Å². The highest BCUT2D eigenvalue weighted by molar-refractivity contribution is 5.97. The molecular weight excluding hydrogens is 232 g/mol. The summed E-state index contributed by atoms with van der Waals surface area (Å²) in [4.78, 5) is 28.7. The molecule has 0 bridgehead atoms. The molecule has 1 N–H and O–H groups in total. The summed E-state index contributed by atoms with van der Waals surface area (Å²) in [6, 6.07) is 3.46. The second-order valence-electron chi connectivity index (χ2n) is 4.58. The molecule has 0 aliphatic carbocycles. The number of likely N-dealkylation sites (tertiary alicyclic amines) is 1. The van der Waals surface area contributed by atoms with Gasteiger partial charge in [0.05, 0.1) is 12.5 Å². The fourth-order valence-corrected chi connectivity index (χ4v) is 2.22. The Morgan fingerprint density at radius 3 is 3.00 bits per heavy atom. The first-order valence-corrected chi connectivity index (χ1v) is 6.05. The van der Waals surface area contributed by atoms with Gasteiger partial charge in [0.25, 0.3) is 0 Å². The van der Waals surface area contributed by atoms with Gasteiger partial charge in [0, 0.05) is 24.5 Å². The molecule has 96 valence electrons. The van der Waals surface area contributed by atoms with Crippen molar-refractivity contribution >= 4 is 11.8 Å². The minimum absolute atomic E-state index is 0.00543. The molecule has 0 aromatic carbocycles. The standard InChI is InChI=1S/C13H16N2O3/c16-12(10-3-1-5-14-7-10)9-15-6-2-4-11(8-15)13(17)18/h1,3,5,7,11H,2,4,6,8-9H2,(H,17,18). The highest BCUT2D eigenvalue weighted by Gasteiger charge is 2.26. The number of ketones is 1. The van der Waals surface area contributed by atoms with E-state index >= 15 is 0 Å². The van der Waals surface area contributed by atoms with Gasteiger partial charge in [-0.2, -0.15) is 0 Å². The van der Waals surface area contributed by atoms with Gasteiger partial charge in [0.15, 0.2) is 5.78 Å². The average molecular weight is 248 g/mol. The molecule has 5 nitrogen and oxygen atoms in total. The number of aromatic nitrogens is 1. The Morgan fingerprint density at radius 1 is 1.50 bits per heavy atom. The smallest absolute Gasteiger partial charge is 0.307 e. The SMILES string of the molecule is O=C(CN1CCCC(C(=O)O)C1)c1cccnc1. The van der Waals surface area contributed by atoms with Crippen molar-refractivity contribution in [2.75, 3.05) is 19.6 Å². The maximum atomic E-state index is 12.0. The summed E-state index contributed by atoms with van der Waals surface area (Å²) in [7, 11) is 0. The van der Waals surface area contributed by atoms with Crippen LogP contribution in [0.2, 0.25) is 0 Å². The lowest BCUT2D eigenvalue weighted by Crippen LogP contribution is -2.41. The molecule has 1 aromatic heterocycles. The minimum Gasteiger partial charge on any atom is -0.481 e. The highest BCUT2D eigenvalue weighted by Crippen LogP contribution is 2.16. The Kier molecular flexibility index (Phi) is 4.04. The van der Waals surface area contributed by atoms with Crippen LogP contribution >= 0.6 is 0 Å². The maximum Gasteiger partial charge on any atom is 0.307 e. The molecule has 0 radical (unpaired) electrons. The van der Waals surface area contributed by atoms with E-state index < -0.39 is 5.97 Å². The number of carbonyl (C=O) groups is 2. The van der Waals surface area contributed by atoms with Crippen LogP contribution in [0.25, 0.3) is 0 Å². The second kappa shape index (κ2) is 5.73. The van der Waals surface area contributed by atoms with E-state index in [0.717, 1.165) is 13.0 Å². The molecule has 1 saturated heterocycles. The number of Topliss-reactive ketones (excluding diaryl/α,β-unsaturated/α-hetero) is 1. The maximum absolute atomic E-state index is 12.0. The number of piperidine rings is 1. The summed E-state index contributed by atoms with van der Waals surface area (Å²) in [6.45, 7) is 1.52. The Bertz CT molecular complexity index is 433. The van der Waals surface area contributed by atoms with Crippen LogP contribution in [-0.2, 0) is 4.79 Å². The molecule has 1 atom stereocenters. The number of hydrogen-bond donors (Lipinski definition) is 1. The van der Waals surface area contributed by atoms with Crippen LogP contribution in [0, 0.1) is 5.92 Å². The number of aliphatic carboxylic acids is 1. The van der Waals surface area contributed by atoms with Gasteiger partial charge in [0.2, 0.25) is 0 Å². The molecule has 1 aromatic rings. The molecule has 1 aliphatic heterocycles. The van der Waals surface area contributed by atoms with Crippen molar-refractivity contribution in [2.45, 2.75) is 12.8 Å². The molecule has 0 amide bonds. The van der Waals surface area contributed by atoms with E-state index in [9.17, 15) is 9.59 Å². The van der Waals surface area contributed by atoms with Crippen molar-refractivity contribution < 1.29 is 14.7 Å². The van der Waals surface area contributed by atoms with Crippen LogP contribution in [-0.4, -0.2) is 46.4 Å². The number of pyridine rings is 1. The van der Waals surface area contributed by atoms with Crippen molar-refractivity contribution in [3.05, 3.63) is 30.1 Å². The van der Waals surface area contributed by atoms with E-state index in [0.29, 0.717) is 18.5 Å². The summed E-state index contributed by atoms with van der Waals surface area (Å²) in [5, 5.41) is 8.99. The van der Waals surface area contributed by atoms with Crippen molar-refractivity contribution in [1.82, 2.24) is 9.88 Å². The van der Waals surface area contributed by atoms with Gasteiger partial charge in [-0.1, -0.05) is 0 Å². The van der Waals surface area contributed by atoms with E-state index in [4.69, 9.17) is 5.11 Å². The second-order valence-corrected chi connectivity index (χ2v) is 4.58. The minimum atomic E-state index is -0.770. The highest BCUT2D eigenvalue weighted by atomic mass is 16.4. The third kappa shape index (κ3) is 3.13. The van der Waals surface area contributed by atoms with Crippen molar-refractivity contribution in [2.24, 2.45) is 5.92 Å². The number of carbonyl (C=O) groups excluding carboxylic acids is 1. The molecule has 5 heteroatoms. The predicted molar refractivity (Wildman–Crippen MR) is 65.4 cm³/mol. The first kappa shape index (κ1) is 12.7. The molecule has 1 fully saturated rings. The van der Waals surface area contributed by atoms with Gasteiger partial charge >= 0.3 is 5.97 Å². The Hall–Kier alpha value is -1.75. The van der Waals surface area contributed by atoms with Crippen LogP contribution in [0.15, 0.2) is 24.5 Å². The summed E-state index contributed by atoms with van der Waals surface area (Å²) >= 11 is 0. The van der Waals surface area contributed by atoms with Gasteiger partial charge in [0.1, 0.15) is 0 Å². The molecule has 1 aliphatic rings. The van der Waals surface area contributed by atoms with E-state index in [1.807, 2.05) is 4.90 Å². The van der Waals surface area contributed by atoms with Gasteiger partial charge in [-0.25, -0.2) is 0 Å². The summed E-state index contributed by atoms with van der Waals surface area (Å²) in [6.07, 6.45) is 4.70. The van der Waals surface area contributed by atoms with Gasteiger partial charge < -0.3 is 5.11 Å². The lowest BCUT2D eigenvalue weighted by Gasteiger charge is -2.29. The van der Waals surface area contributed by atoms with Crippen molar-refractivity contribution in [1.29, 1.82) is 0 Å². The zero-order valence-corrected chi connectivity index (χ0v) is 10.1. The monoisotopic (exact) mass is 248 g/mol. The van der Waals surface area contributed by atoms with Crippen LogP contribution < -0.4 is 0 Å².